The molecule has 0 radical (unpaired) electrons. The van der Waals surface area contributed by atoms with Crippen LogP contribution in [0, 0.1) is 0 Å². The number of hydrogen-bond acceptors (Lipinski definition) is 3. The van der Waals surface area contributed by atoms with Gasteiger partial charge in [0, 0.05) is 10.6 Å². The van der Waals surface area contributed by atoms with E-state index >= 15 is 0 Å². The second-order valence-corrected chi connectivity index (χ2v) is 6.81. The molecule has 0 spiro atoms. The zero-order valence-electron chi connectivity index (χ0n) is 15.9. The molecule has 0 aliphatic carbocycles. The number of aryl methyl sites for hydroxylation is 1. The summed E-state index contributed by atoms with van der Waals surface area (Å²) in [5.41, 5.74) is 7.72. The van der Waals surface area contributed by atoms with Crippen LogP contribution in [-0.2, 0) is 13.0 Å². The minimum atomic E-state index is -0.463. The average molecular weight is 409 g/mol. The van der Waals surface area contributed by atoms with Gasteiger partial charge in [-0.3, -0.25) is 20.4 Å². The van der Waals surface area contributed by atoms with Crippen LogP contribution in [0.4, 0.5) is 0 Å². The fourth-order valence-electron chi connectivity index (χ4n) is 2.67. The van der Waals surface area contributed by atoms with Gasteiger partial charge in [0.2, 0.25) is 0 Å². The fourth-order valence-corrected chi connectivity index (χ4v) is 2.79. The van der Waals surface area contributed by atoms with Crippen molar-refractivity contribution in [3.63, 3.8) is 0 Å². The molecule has 0 atom stereocenters. The van der Waals surface area contributed by atoms with Crippen molar-refractivity contribution >= 4 is 23.4 Å². The molecule has 3 rings (SSSR count). The van der Waals surface area contributed by atoms with Crippen LogP contribution in [0.3, 0.4) is 0 Å². The molecule has 3 aromatic rings. The number of benzene rings is 3. The highest BCUT2D eigenvalue weighted by Crippen LogP contribution is 2.20. The normalized spacial score (nSPS) is 10.3. The fraction of sp³-hybridized carbons (Fsp3) is 0.130. The molecule has 5 nitrogen and oxygen atoms in total. The molecule has 2 N–H and O–H groups in total. The molecule has 0 heterocycles. The van der Waals surface area contributed by atoms with Gasteiger partial charge in [0.1, 0.15) is 12.4 Å². The van der Waals surface area contributed by atoms with Crippen LogP contribution < -0.4 is 15.6 Å². The zero-order chi connectivity index (χ0) is 20.6. The van der Waals surface area contributed by atoms with Gasteiger partial charge in [0.05, 0.1) is 5.56 Å². The molecule has 3 aromatic carbocycles. The number of carbonyl (C=O) groups is 2. The molecular weight excluding hydrogens is 388 g/mol. The molecular formula is C23H21ClN2O3. The number of para-hydroxylation sites is 1. The van der Waals surface area contributed by atoms with E-state index in [0.29, 0.717) is 21.9 Å². The predicted octanol–water partition coefficient (Wildman–Crippen LogP) is 4.56. The van der Waals surface area contributed by atoms with Crippen LogP contribution in [0.5, 0.6) is 5.75 Å². The van der Waals surface area contributed by atoms with Crippen molar-refractivity contribution in [2.24, 2.45) is 0 Å². The van der Waals surface area contributed by atoms with Crippen molar-refractivity contribution < 1.29 is 14.3 Å². The van der Waals surface area contributed by atoms with E-state index in [0.717, 1.165) is 17.5 Å². The van der Waals surface area contributed by atoms with Gasteiger partial charge in [-0.15, -0.1) is 0 Å². The highest BCUT2D eigenvalue weighted by molar-refractivity contribution is 6.30. The van der Waals surface area contributed by atoms with Crippen LogP contribution in [-0.4, -0.2) is 11.8 Å². The summed E-state index contributed by atoms with van der Waals surface area (Å²) in [5.74, 6) is -0.433. The maximum atomic E-state index is 12.5. The largest absolute Gasteiger partial charge is 0.488 e. The van der Waals surface area contributed by atoms with Gasteiger partial charge in [0.15, 0.2) is 0 Å². The van der Waals surface area contributed by atoms with E-state index in [1.165, 1.54) is 0 Å². The van der Waals surface area contributed by atoms with Crippen molar-refractivity contribution in [3.8, 4) is 5.75 Å². The Morgan fingerprint density at radius 2 is 1.45 bits per heavy atom. The Balaban J connectivity index is 1.61. The zero-order valence-corrected chi connectivity index (χ0v) is 16.7. The average Bonchev–Trinajstić information content (AvgIpc) is 2.77. The van der Waals surface area contributed by atoms with Crippen molar-refractivity contribution in [3.05, 3.63) is 100 Å². The number of hydrazine groups is 1. The summed E-state index contributed by atoms with van der Waals surface area (Å²) < 4.78 is 5.78. The van der Waals surface area contributed by atoms with Crippen molar-refractivity contribution in [1.29, 1.82) is 0 Å². The van der Waals surface area contributed by atoms with Gasteiger partial charge in [-0.05, 0) is 53.9 Å². The third-order valence-corrected chi connectivity index (χ3v) is 4.61. The van der Waals surface area contributed by atoms with E-state index < -0.39 is 5.91 Å². The molecule has 29 heavy (non-hydrogen) atoms. The molecule has 0 aliphatic heterocycles. The molecule has 0 saturated carbocycles. The highest BCUT2D eigenvalue weighted by Gasteiger charge is 2.14. The topological polar surface area (TPSA) is 67.4 Å². The predicted molar refractivity (Wildman–Crippen MR) is 113 cm³/mol. The first kappa shape index (κ1) is 20.4. The summed E-state index contributed by atoms with van der Waals surface area (Å²) in [7, 11) is 0. The van der Waals surface area contributed by atoms with Crippen LogP contribution in [0.1, 0.15) is 38.8 Å². The monoisotopic (exact) mass is 408 g/mol. The minimum absolute atomic E-state index is 0.289. The molecule has 148 valence electrons. The van der Waals surface area contributed by atoms with Crippen LogP contribution in [0.15, 0.2) is 72.8 Å². The van der Waals surface area contributed by atoms with E-state index in [1.807, 2.05) is 31.2 Å². The Morgan fingerprint density at radius 1 is 0.828 bits per heavy atom. The van der Waals surface area contributed by atoms with E-state index in [4.69, 9.17) is 16.3 Å². The van der Waals surface area contributed by atoms with Gasteiger partial charge in [-0.25, -0.2) is 0 Å². The van der Waals surface area contributed by atoms with Crippen molar-refractivity contribution in [1.82, 2.24) is 10.9 Å². The van der Waals surface area contributed by atoms with Gasteiger partial charge < -0.3 is 4.74 Å². The maximum Gasteiger partial charge on any atom is 0.273 e. The summed E-state index contributed by atoms with van der Waals surface area (Å²) in [6.07, 6.45) is 0.894. The third kappa shape index (κ3) is 5.59. The maximum absolute atomic E-state index is 12.5. The molecule has 0 fully saturated rings. The number of hydrogen-bond donors (Lipinski definition) is 2. The lowest BCUT2D eigenvalue weighted by Gasteiger charge is -2.12. The highest BCUT2D eigenvalue weighted by atomic mass is 35.5. The van der Waals surface area contributed by atoms with Crippen molar-refractivity contribution in [2.75, 3.05) is 0 Å². The summed E-state index contributed by atoms with van der Waals surface area (Å²) in [6.45, 7) is 2.33. The Labute approximate surface area is 174 Å². The number of amides is 2. The lowest BCUT2D eigenvalue weighted by molar-refractivity contribution is 0.0844. The first-order valence-corrected chi connectivity index (χ1v) is 9.60. The number of halogens is 1. The summed E-state index contributed by atoms with van der Waals surface area (Å²) in [6, 6.07) is 21.3. The number of nitrogens with one attached hydrogen (secondary N) is 2. The van der Waals surface area contributed by atoms with Crippen molar-refractivity contribution in [2.45, 2.75) is 20.0 Å². The van der Waals surface area contributed by atoms with E-state index in [-0.39, 0.29) is 12.5 Å². The Morgan fingerprint density at radius 3 is 2.14 bits per heavy atom. The van der Waals surface area contributed by atoms with Crippen LogP contribution in [0.25, 0.3) is 0 Å². The van der Waals surface area contributed by atoms with E-state index in [9.17, 15) is 9.59 Å². The molecule has 0 saturated heterocycles. The molecule has 2 amide bonds. The second-order valence-electron chi connectivity index (χ2n) is 6.37. The Bertz CT molecular complexity index is 986. The van der Waals surface area contributed by atoms with E-state index in [2.05, 4.69) is 10.9 Å². The Kier molecular flexibility index (Phi) is 6.87. The van der Waals surface area contributed by atoms with Crippen LogP contribution >= 0.6 is 11.6 Å². The smallest absolute Gasteiger partial charge is 0.273 e. The molecule has 0 unspecified atom stereocenters. The molecule has 0 aromatic heterocycles. The molecule has 0 bridgehead atoms. The van der Waals surface area contributed by atoms with Gasteiger partial charge >= 0.3 is 0 Å². The Hall–Kier alpha value is -3.31. The quantitative estimate of drug-likeness (QED) is 0.588. The molecule has 0 aliphatic rings. The second kappa shape index (κ2) is 9.75. The minimum Gasteiger partial charge on any atom is -0.488 e. The third-order valence-electron chi connectivity index (χ3n) is 4.35. The summed E-state index contributed by atoms with van der Waals surface area (Å²) >= 11 is 5.89. The number of ether oxygens (including phenoxy) is 1. The molecule has 6 heteroatoms. The SMILES string of the molecule is CCc1ccc(C(=O)NNC(=O)c2ccccc2OCc2ccc(Cl)cc2)cc1. The first-order valence-electron chi connectivity index (χ1n) is 9.22. The van der Waals surface area contributed by atoms with Gasteiger partial charge in [0.25, 0.3) is 11.8 Å². The van der Waals surface area contributed by atoms with Gasteiger partial charge in [-0.2, -0.15) is 0 Å². The summed E-state index contributed by atoms with van der Waals surface area (Å²) in [5, 5.41) is 0.647. The lowest BCUT2D eigenvalue weighted by Crippen LogP contribution is -2.41. The number of carbonyl (C=O) groups excluding carboxylic acids is 2. The van der Waals surface area contributed by atoms with Crippen LogP contribution in [0.2, 0.25) is 5.02 Å². The van der Waals surface area contributed by atoms with E-state index in [1.54, 1.807) is 48.5 Å². The number of rotatable bonds is 6. The lowest BCUT2D eigenvalue weighted by atomic mass is 10.1. The van der Waals surface area contributed by atoms with Gasteiger partial charge in [-0.1, -0.05) is 54.9 Å². The standard InChI is InChI=1S/C23H21ClN2O3/c1-2-16-7-11-18(12-8-16)22(27)25-26-23(28)20-5-3-4-6-21(20)29-15-17-9-13-19(24)14-10-17/h3-14H,2,15H2,1H3,(H,25,27)(H,26,28). The summed E-state index contributed by atoms with van der Waals surface area (Å²) in [4.78, 5) is 24.8. The first-order chi connectivity index (χ1) is 14.1.